The lowest BCUT2D eigenvalue weighted by atomic mass is 10.2. The van der Waals surface area contributed by atoms with Crippen molar-refractivity contribution < 1.29 is 9.15 Å². The molecule has 1 aromatic carbocycles. The second kappa shape index (κ2) is 6.54. The Labute approximate surface area is 133 Å². The molecule has 0 aliphatic carbocycles. The molecular weight excluding hydrogens is 332 g/mol. The van der Waals surface area contributed by atoms with Crippen LogP contribution in [0, 0.1) is 0 Å². The summed E-state index contributed by atoms with van der Waals surface area (Å²) in [6.45, 7) is 4.99. The first-order valence-electron chi connectivity index (χ1n) is 7.10. The van der Waals surface area contributed by atoms with E-state index >= 15 is 0 Å². The summed E-state index contributed by atoms with van der Waals surface area (Å²) in [5.41, 5.74) is 1.23. The lowest BCUT2D eigenvalue weighted by molar-refractivity contribution is 0.229. The van der Waals surface area contributed by atoms with Gasteiger partial charge in [0, 0.05) is 37.9 Å². The minimum atomic E-state index is 0.799. The molecule has 1 aromatic heterocycles. The second-order valence-corrected chi connectivity index (χ2v) is 5.95. The molecule has 0 unspecified atom stereocenters. The number of hydrogen-bond donors (Lipinski definition) is 0. The van der Waals surface area contributed by atoms with Crippen LogP contribution in [-0.2, 0) is 6.54 Å². The number of piperazine rings is 1. The molecule has 112 valence electrons. The Kier molecular flexibility index (Phi) is 4.51. The quantitative estimate of drug-likeness (QED) is 0.845. The van der Waals surface area contributed by atoms with E-state index in [0.29, 0.717) is 0 Å². The van der Waals surface area contributed by atoms with Crippen molar-refractivity contribution >= 4 is 21.6 Å². The number of ether oxygens (including phenoxy) is 1. The van der Waals surface area contributed by atoms with Crippen LogP contribution < -0.4 is 9.64 Å². The Hall–Kier alpha value is -1.46. The Morgan fingerprint density at radius 2 is 1.95 bits per heavy atom. The SMILES string of the molecule is COc1cccc(N2CCN(Cc3ccc(Br)o3)CC2)c1. The first kappa shape index (κ1) is 14.5. The Morgan fingerprint density at radius 1 is 1.14 bits per heavy atom. The van der Waals surface area contributed by atoms with Gasteiger partial charge in [0.25, 0.3) is 0 Å². The van der Waals surface area contributed by atoms with Gasteiger partial charge in [-0.2, -0.15) is 0 Å². The topological polar surface area (TPSA) is 28.9 Å². The van der Waals surface area contributed by atoms with E-state index in [1.807, 2.05) is 24.3 Å². The Bertz CT molecular complexity index is 591. The highest BCUT2D eigenvalue weighted by Crippen LogP contribution is 2.23. The van der Waals surface area contributed by atoms with Crippen molar-refractivity contribution in [3.05, 3.63) is 46.8 Å². The fraction of sp³-hybridized carbons (Fsp3) is 0.375. The summed E-state index contributed by atoms with van der Waals surface area (Å²) >= 11 is 3.35. The molecule has 0 spiro atoms. The van der Waals surface area contributed by atoms with Crippen molar-refractivity contribution in [3.63, 3.8) is 0 Å². The summed E-state index contributed by atoms with van der Waals surface area (Å²) in [6, 6.07) is 12.2. The average molecular weight is 351 g/mol. The maximum absolute atomic E-state index is 5.57. The highest BCUT2D eigenvalue weighted by molar-refractivity contribution is 9.10. The lowest BCUT2D eigenvalue weighted by Gasteiger charge is -2.35. The van der Waals surface area contributed by atoms with E-state index in [2.05, 4.69) is 37.9 Å². The normalized spacial score (nSPS) is 16.2. The number of nitrogens with zero attached hydrogens (tertiary/aromatic N) is 2. The molecule has 0 atom stereocenters. The summed E-state index contributed by atoms with van der Waals surface area (Å²) in [5, 5.41) is 0. The summed E-state index contributed by atoms with van der Waals surface area (Å²) in [4.78, 5) is 4.82. The van der Waals surface area contributed by atoms with Gasteiger partial charge in [0.1, 0.15) is 11.5 Å². The van der Waals surface area contributed by atoms with Crippen molar-refractivity contribution in [2.75, 3.05) is 38.2 Å². The zero-order chi connectivity index (χ0) is 14.7. The van der Waals surface area contributed by atoms with E-state index in [1.54, 1.807) is 7.11 Å². The Morgan fingerprint density at radius 3 is 2.62 bits per heavy atom. The predicted octanol–water partition coefficient (Wildman–Crippen LogP) is 3.37. The molecule has 2 aromatic rings. The highest BCUT2D eigenvalue weighted by atomic mass is 79.9. The van der Waals surface area contributed by atoms with Crippen molar-refractivity contribution in [1.82, 2.24) is 4.90 Å². The van der Waals surface area contributed by atoms with Crippen LogP contribution in [0.2, 0.25) is 0 Å². The van der Waals surface area contributed by atoms with E-state index < -0.39 is 0 Å². The molecule has 4 nitrogen and oxygen atoms in total. The highest BCUT2D eigenvalue weighted by Gasteiger charge is 2.18. The number of rotatable bonds is 4. The van der Waals surface area contributed by atoms with Crippen molar-refractivity contribution in [1.29, 1.82) is 0 Å². The molecule has 0 N–H and O–H groups in total. The van der Waals surface area contributed by atoms with Crippen molar-refractivity contribution in [2.24, 2.45) is 0 Å². The third-order valence-electron chi connectivity index (χ3n) is 3.80. The van der Waals surface area contributed by atoms with Gasteiger partial charge in [-0.1, -0.05) is 6.07 Å². The molecule has 3 rings (SSSR count). The summed E-state index contributed by atoms with van der Waals surface area (Å²) < 4.78 is 11.7. The van der Waals surface area contributed by atoms with E-state index in [-0.39, 0.29) is 0 Å². The minimum absolute atomic E-state index is 0.799. The molecular formula is C16H19BrN2O2. The van der Waals surface area contributed by atoms with Crippen LogP contribution in [-0.4, -0.2) is 38.2 Å². The van der Waals surface area contributed by atoms with Gasteiger partial charge in [-0.3, -0.25) is 4.90 Å². The molecule has 1 saturated heterocycles. The van der Waals surface area contributed by atoms with Crippen LogP contribution in [0.15, 0.2) is 45.5 Å². The molecule has 2 heterocycles. The number of halogens is 1. The summed E-state index contributed by atoms with van der Waals surface area (Å²) in [7, 11) is 1.71. The van der Waals surface area contributed by atoms with Crippen molar-refractivity contribution in [2.45, 2.75) is 6.54 Å². The van der Waals surface area contributed by atoms with Crippen LogP contribution in [0.25, 0.3) is 0 Å². The number of anilines is 1. The first-order chi connectivity index (χ1) is 10.2. The fourth-order valence-electron chi connectivity index (χ4n) is 2.63. The second-order valence-electron chi connectivity index (χ2n) is 5.17. The van der Waals surface area contributed by atoms with Gasteiger partial charge in [-0.15, -0.1) is 0 Å². The van der Waals surface area contributed by atoms with Crippen LogP contribution in [0.1, 0.15) is 5.76 Å². The zero-order valence-corrected chi connectivity index (χ0v) is 13.7. The van der Waals surface area contributed by atoms with E-state index in [0.717, 1.165) is 48.9 Å². The van der Waals surface area contributed by atoms with Crippen molar-refractivity contribution in [3.8, 4) is 5.75 Å². The van der Waals surface area contributed by atoms with E-state index in [9.17, 15) is 0 Å². The number of furan rings is 1. The van der Waals surface area contributed by atoms with E-state index in [4.69, 9.17) is 9.15 Å². The maximum atomic E-state index is 5.57. The molecule has 5 heteroatoms. The first-order valence-corrected chi connectivity index (χ1v) is 7.89. The van der Waals surface area contributed by atoms with Gasteiger partial charge >= 0.3 is 0 Å². The average Bonchev–Trinajstić information content (AvgIpc) is 2.93. The molecule has 1 fully saturated rings. The monoisotopic (exact) mass is 350 g/mol. The summed E-state index contributed by atoms with van der Waals surface area (Å²) in [6.07, 6.45) is 0. The number of hydrogen-bond acceptors (Lipinski definition) is 4. The van der Waals surface area contributed by atoms with Gasteiger partial charge in [-0.25, -0.2) is 0 Å². The molecule has 0 bridgehead atoms. The van der Waals surface area contributed by atoms with Gasteiger partial charge in [0.15, 0.2) is 4.67 Å². The smallest absolute Gasteiger partial charge is 0.169 e. The largest absolute Gasteiger partial charge is 0.497 e. The Balaban J connectivity index is 1.57. The maximum Gasteiger partial charge on any atom is 0.169 e. The minimum Gasteiger partial charge on any atom is -0.497 e. The third kappa shape index (κ3) is 3.60. The van der Waals surface area contributed by atoms with Gasteiger partial charge in [0.05, 0.1) is 13.7 Å². The molecule has 0 radical (unpaired) electrons. The van der Waals surface area contributed by atoms with Crippen LogP contribution in [0.3, 0.4) is 0 Å². The predicted molar refractivity (Wildman–Crippen MR) is 86.9 cm³/mol. The van der Waals surface area contributed by atoms with Gasteiger partial charge in [-0.05, 0) is 40.2 Å². The fourth-order valence-corrected chi connectivity index (χ4v) is 2.97. The zero-order valence-electron chi connectivity index (χ0n) is 12.1. The molecule has 0 amide bonds. The van der Waals surface area contributed by atoms with Crippen LogP contribution in [0.5, 0.6) is 5.75 Å². The van der Waals surface area contributed by atoms with Crippen LogP contribution >= 0.6 is 15.9 Å². The standard InChI is InChI=1S/C16H19BrN2O2/c1-20-14-4-2-3-13(11-14)19-9-7-18(8-10-19)12-15-5-6-16(17)21-15/h2-6,11H,7-10,12H2,1H3. The van der Waals surface area contributed by atoms with E-state index in [1.165, 1.54) is 5.69 Å². The number of benzene rings is 1. The van der Waals surface area contributed by atoms with Gasteiger partial charge < -0.3 is 14.1 Å². The molecule has 1 aliphatic heterocycles. The molecule has 0 saturated carbocycles. The lowest BCUT2D eigenvalue weighted by Crippen LogP contribution is -2.45. The van der Waals surface area contributed by atoms with Crippen LogP contribution in [0.4, 0.5) is 5.69 Å². The molecule has 1 aliphatic rings. The summed E-state index contributed by atoms with van der Waals surface area (Å²) in [5.74, 6) is 1.92. The third-order valence-corrected chi connectivity index (χ3v) is 4.23. The van der Waals surface area contributed by atoms with Gasteiger partial charge in [0.2, 0.25) is 0 Å². The molecule has 21 heavy (non-hydrogen) atoms. The number of methoxy groups -OCH3 is 1.